The van der Waals surface area contributed by atoms with Crippen LogP contribution in [0.4, 0.5) is 0 Å². The molecule has 1 aliphatic heterocycles. The zero-order chi connectivity index (χ0) is 16.4. The summed E-state index contributed by atoms with van der Waals surface area (Å²) < 4.78 is 16.8. The monoisotopic (exact) mass is 317 g/mol. The molecule has 5 heteroatoms. The number of aryl methyl sites for hydroxylation is 2. The maximum Gasteiger partial charge on any atom is 0.165 e. The Hall–Kier alpha value is -1.98. The van der Waals surface area contributed by atoms with Crippen LogP contribution in [-0.2, 0) is 12.1 Å². The molecule has 23 heavy (non-hydrogen) atoms. The van der Waals surface area contributed by atoms with Gasteiger partial charge < -0.3 is 24.3 Å². The van der Waals surface area contributed by atoms with E-state index >= 15 is 0 Å². The molecule has 0 bridgehead atoms. The summed E-state index contributed by atoms with van der Waals surface area (Å²) in [6.07, 6.45) is 0. The first-order valence-corrected chi connectivity index (χ1v) is 7.85. The highest BCUT2D eigenvalue weighted by Crippen LogP contribution is 2.33. The van der Waals surface area contributed by atoms with Crippen molar-refractivity contribution in [1.82, 2.24) is 5.32 Å². The summed E-state index contributed by atoms with van der Waals surface area (Å²) in [6, 6.07) is 7.75. The second-order valence-corrected chi connectivity index (χ2v) is 6.15. The predicted molar refractivity (Wildman–Crippen MR) is 86.9 cm³/mol. The van der Waals surface area contributed by atoms with Gasteiger partial charge in [-0.3, -0.25) is 0 Å². The van der Waals surface area contributed by atoms with Crippen LogP contribution in [0.3, 0.4) is 0 Å². The molecule has 1 unspecified atom stereocenters. The zero-order valence-electron chi connectivity index (χ0n) is 13.8. The maximum absolute atomic E-state index is 10.7. The summed E-state index contributed by atoms with van der Waals surface area (Å²) in [6.45, 7) is 7.70. The highest BCUT2D eigenvalue weighted by Gasteiger charge is 2.27. The largest absolute Gasteiger partial charge is 0.486 e. The van der Waals surface area contributed by atoms with Gasteiger partial charge in [0.1, 0.15) is 30.3 Å². The van der Waals surface area contributed by atoms with Crippen molar-refractivity contribution < 1.29 is 19.0 Å². The van der Waals surface area contributed by atoms with Crippen LogP contribution in [-0.4, -0.2) is 24.9 Å². The van der Waals surface area contributed by atoms with Crippen molar-refractivity contribution in [2.75, 3.05) is 19.8 Å². The van der Waals surface area contributed by atoms with Gasteiger partial charge in [0, 0.05) is 24.2 Å². The average molecular weight is 317 g/mol. The quantitative estimate of drug-likeness (QED) is 0.887. The third kappa shape index (κ3) is 3.35. The van der Waals surface area contributed by atoms with Crippen molar-refractivity contribution in [3.63, 3.8) is 0 Å². The highest BCUT2D eigenvalue weighted by molar-refractivity contribution is 5.47. The molecule has 0 saturated heterocycles. The van der Waals surface area contributed by atoms with Gasteiger partial charge in [-0.1, -0.05) is 12.1 Å². The summed E-state index contributed by atoms with van der Waals surface area (Å²) in [4.78, 5) is 0. The second kappa shape index (κ2) is 6.26. The van der Waals surface area contributed by atoms with E-state index in [0.29, 0.717) is 26.3 Å². The van der Waals surface area contributed by atoms with Gasteiger partial charge in [0.15, 0.2) is 11.5 Å². The van der Waals surface area contributed by atoms with Crippen LogP contribution in [0.1, 0.15) is 29.6 Å². The fraction of sp³-hybridized carbons (Fsp3) is 0.444. The number of furan rings is 1. The minimum Gasteiger partial charge on any atom is -0.486 e. The van der Waals surface area contributed by atoms with Gasteiger partial charge in [0.25, 0.3) is 0 Å². The third-order valence-electron chi connectivity index (χ3n) is 4.05. The molecule has 1 aliphatic rings. The first kappa shape index (κ1) is 15.9. The van der Waals surface area contributed by atoms with E-state index in [2.05, 4.69) is 5.32 Å². The van der Waals surface area contributed by atoms with E-state index in [9.17, 15) is 5.11 Å². The number of fused-ring (bicyclic) bond motifs is 1. The Kier molecular flexibility index (Phi) is 4.33. The zero-order valence-corrected chi connectivity index (χ0v) is 13.8. The van der Waals surface area contributed by atoms with E-state index in [1.54, 1.807) is 6.92 Å². The molecule has 2 aromatic rings. The number of hydrogen-bond donors (Lipinski definition) is 2. The Morgan fingerprint density at radius 2 is 2.00 bits per heavy atom. The molecule has 0 radical (unpaired) electrons. The van der Waals surface area contributed by atoms with Crippen LogP contribution in [0, 0.1) is 13.8 Å². The Bertz CT molecular complexity index is 690. The lowest BCUT2D eigenvalue weighted by Gasteiger charge is -2.25. The number of ether oxygens (including phenoxy) is 2. The van der Waals surface area contributed by atoms with Gasteiger partial charge >= 0.3 is 0 Å². The summed E-state index contributed by atoms with van der Waals surface area (Å²) in [5.74, 6) is 3.13. The third-order valence-corrected chi connectivity index (χ3v) is 4.05. The van der Waals surface area contributed by atoms with Crippen LogP contribution in [0.25, 0.3) is 0 Å². The Balaban J connectivity index is 1.66. The van der Waals surface area contributed by atoms with E-state index < -0.39 is 5.60 Å². The molecule has 0 fully saturated rings. The van der Waals surface area contributed by atoms with E-state index in [0.717, 1.165) is 34.1 Å². The van der Waals surface area contributed by atoms with Crippen LogP contribution in [0.5, 0.6) is 11.5 Å². The number of nitrogens with one attached hydrogen (secondary N) is 1. The Morgan fingerprint density at radius 3 is 2.74 bits per heavy atom. The molecular weight excluding hydrogens is 294 g/mol. The standard InChI is InChI=1S/C18H23NO4/c1-12-9-15(13(2)23-12)18(3,20)11-19-10-14-5-4-6-16-17(14)22-8-7-21-16/h4-6,9,19-20H,7-8,10-11H2,1-3H3. The SMILES string of the molecule is Cc1cc(C(C)(O)CNCc2cccc3c2OCCO3)c(C)o1. The number of rotatable bonds is 5. The van der Waals surface area contributed by atoms with E-state index in [1.807, 2.05) is 38.1 Å². The number of aliphatic hydroxyl groups is 1. The predicted octanol–water partition coefficient (Wildman–Crippen LogP) is 2.66. The van der Waals surface area contributed by atoms with Crippen molar-refractivity contribution in [3.05, 3.63) is 46.9 Å². The average Bonchev–Trinajstić information content (AvgIpc) is 2.87. The molecule has 1 atom stereocenters. The van der Waals surface area contributed by atoms with Gasteiger partial charge in [-0.25, -0.2) is 0 Å². The molecule has 0 amide bonds. The smallest absolute Gasteiger partial charge is 0.165 e. The summed E-state index contributed by atoms with van der Waals surface area (Å²) in [5.41, 5.74) is 0.851. The first-order valence-electron chi connectivity index (χ1n) is 7.85. The van der Waals surface area contributed by atoms with Crippen molar-refractivity contribution in [1.29, 1.82) is 0 Å². The fourth-order valence-corrected chi connectivity index (χ4v) is 2.97. The minimum atomic E-state index is -0.992. The van der Waals surface area contributed by atoms with Crippen LogP contribution < -0.4 is 14.8 Å². The van der Waals surface area contributed by atoms with Gasteiger partial charge in [-0.2, -0.15) is 0 Å². The summed E-state index contributed by atoms with van der Waals surface area (Å²) in [5, 5.41) is 14.0. The van der Waals surface area contributed by atoms with Crippen LogP contribution in [0.2, 0.25) is 0 Å². The highest BCUT2D eigenvalue weighted by atomic mass is 16.6. The molecular formula is C18H23NO4. The van der Waals surface area contributed by atoms with Gasteiger partial charge in [0.05, 0.1) is 0 Å². The van der Waals surface area contributed by atoms with Crippen LogP contribution in [0.15, 0.2) is 28.7 Å². The van der Waals surface area contributed by atoms with Crippen molar-refractivity contribution in [2.45, 2.75) is 32.9 Å². The maximum atomic E-state index is 10.7. The minimum absolute atomic E-state index is 0.414. The number of para-hydroxylation sites is 1. The van der Waals surface area contributed by atoms with Gasteiger partial charge in [0.2, 0.25) is 0 Å². The van der Waals surface area contributed by atoms with Crippen LogP contribution >= 0.6 is 0 Å². The molecule has 124 valence electrons. The van der Waals surface area contributed by atoms with Crippen molar-refractivity contribution in [3.8, 4) is 11.5 Å². The molecule has 0 spiro atoms. The lowest BCUT2D eigenvalue weighted by Crippen LogP contribution is -2.35. The van der Waals surface area contributed by atoms with E-state index in [4.69, 9.17) is 13.9 Å². The molecule has 1 aromatic carbocycles. The number of hydrogen-bond acceptors (Lipinski definition) is 5. The second-order valence-electron chi connectivity index (χ2n) is 6.15. The van der Waals surface area contributed by atoms with Crippen molar-refractivity contribution in [2.24, 2.45) is 0 Å². The first-order chi connectivity index (χ1) is 11.0. The molecule has 0 aliphatic carbocycles. The molecule has 5 nitrogen and oxygen atoms in total. The summed E-state index contributed by atoms with van der Waals surface area (Å²) >= 11 is 0. The molecule has 2 heterocycles. The molecule has 2 N–H and O–H groups in total. The van der Waals surface area contributed by atoms with Crippen molar-refractivity contribution >= 4 is 0 Å². The Labute approximate surface area is 136 Å². The van der Waals surface area contributed by atoms with E-state index in [1.165, 1.54) is 0 Å². The van der Waals surface area contributed by atoms with Gasteiger partial charge in [-0.15, -0.1) is 0 Å². The lowest BCUT2D eigenvalue weighted by molar-refractivity contribution is 0.0550. The Morgan fingerprint density at radius 1 is 1.22 bits per heavy atom. The van der Waals surface area contributed by atoms with Gasteiger partial charge in [-0.05, 0) is 32.9 Å². The molecule has 0 saturated carbocycles. The number of benzene rings is 1. The fourth-order valence-electron chi connectivity index (χ4n) is 2.97. The molecule has 1 aromatic heterocycles. The normalized spacial score (nSPS) is 16.2. The topological polar surface area (TPSA) is 63.9 Å². The lowest BCUT2D eigenvalue weighted by atomic mass is 9.96. The molecule has 3 rings (SSSR count). The van der Waals surface area contributed by atoms with E-state index in [-0.39, 0.29) is 0 Å². The summed E-state index contributed by atoms with van der Waals surface area (Å²) in [7, 11) is 0.